The van der Waals surface area contributed by atoms with Crippen LogP contribution in [0.5, 0.6) is 0 Å². The summed E-state index contributed by atoms with van der Waals surface area (Å²) in [6.07, 6.45) is 5.22. The lowest BCUT2D eigenvalue weighted by atomic mass is 10.2. The minimum atomic E-state index is -0.460. The summed E-state index contributed by atoms with van der Waals surface area (Å²) in [6.45, 7) is 0.746. The average molecular weight is 378 g/mol. The summed E-state index contributed by atoms with van der Waals surface area (Å²) < 4.78 is 5.32. The Bertz CT molecular complexity index is 946. The SMILES string of the molecule is CSc1ccc(/C=C2/N=C(c3ccc(N4CCCC4=O)cc3)OC2=O)cc1. The molecular formula is C21H18N2O3S. The molecule has 5 nitrogen and oxygen atoms in total. The molecule has 1 fully saturated rings. The Morgan fingerprint density at radius 3 is 2.44 bits per heavy atom. The number of nitrogens with zero attached hydrogens (tertiary/aromatic N) is 2. The van der Waals surface area contributed by atoms with E-state index in [2.05, 4.69) is 4.99 Å². The van der Waals surface area contributed by atoms with Crippen LogP contribution < -0.4 is 4.90 Å². The third kappa shape index (κ3) is 3.66. The standard InChI is InChI=1S/C21H18N2O3S/c1-27-17-10-4-14(5-11-17)13-18-21(25)26-20(22-18)15-6-8-16(9-7-15)23-12-2-3-19(23)24/h4-11,13H,2-3,12H2,1H3/b18-13+. The zero-order valence-corrected chi connectivity index (χ0v) is 15.7. The first-order valence-corrected chi connectivity index (χ1v) is 9.94. The number of rotatable bonds is 4. The summed E-state index contributed by atoms with van der Waals surface area (Å²) >= 11 is 1.66. The lowest BCUT2D eigenvalue weighted by molar-refractivity contribution is -0.130. The Morgan fingerprint density at radius 1 is 1.07 bits per heavy atom. The lowest BCUT2D eigenvalue weighted by Crippen LogP contribution is -2.23. The van der Waals surface area contributed by atoms with Crippen molar-refractivity contribution in [3.63, 3.8) is 0 Å². The molecule has 1 saturated heterocycles. The van der Waals surface area contributed by atoms with Gasteiger partial charge in [0.05, 0.1) is 0 Å². The van der Waals surface area contributed by atoms with E-state index in [-0.39, 0.29) is 17.5 Å². The fourth-order valence-corrected chi connectivity index (χ4v) is 3.50. The predicted octanol–water partition coefficient (Wildman–Crippen LogP) is 3.88. The van der Waals surface area contributed by atoms with E-state index in [0.29, 0.717) is 12.0 Å². The maximum Gasteiger partial charge on any atom is 0.363 e. The maximum absolute atomic E-state index is 12.1. The van der Waals surface area contributed by atoms with Gasteiger partial charge in [0.15, 0.2) is 5.70 Å². The Labute approximate surface area is 161 Å². The second-order valence-corrected chi connectivity index (χ2v) is 7.18. The van der Waals surface area contributed by atoms with Crippen molar-refractivity contribution in [3.8, 4) is 0 Å². The van der Waals surface area contributed by atoms with Crippen LogP contribution in [0, 0.1) is 0 Å². The Morgan fingerprint density at radius 2 is 1.81 bits per heavy atom. The molecular weight excluding hydrogens is 360 g/mol. The van der Waals surface area contributed by atoms with Crippen LogP contribution in [0.4, 0.5) is 5.69 Å². The number of hydrogen-bond donors (Lipinski definition) is 0. The van der Waals surface area contributed by atoms with Crippen LogP contribution in [0.3, 0.4) is 0 Å². The van der Waals surface area contributed by atoms with Crippen LogP contribution in [-0.2, 0) is 14.3 Å². The zero-order valence-electron chi connectivity index (χ0n) is 14.8. The highest BCUT2D eigenvalue weighted by atomic mass is 32.2. The lowest BCUT2D eigenvalue weighted by Gasteiger charge is -2.15. The van der Waals surface area contributed by atoms with Crippen molar-refractivity contribution in [1.29, 1.82) is 0 Å². The van der Waals surface area contributed by atoms with Gasteiger partial charge in [-0.3, -0.25) is 4.79 Å². The van der Waals surface area contributed by atoms with Crippen LogP contribution in [0.2, 0.25) is 0 Å². The second kappa shape index (κ2) is 7.40. The first-order valence-electron chi connectivity index (χ1n) is 8.71. The number of esters is 1. The third-order valence-electron chi connectivity index (χ3n) is 4.54. The van der Waals surface area contributed by atoms with Gasteiger partial charge in [0.2, 0.25) is 11.8 Å². The van der Waals surface area contributed by atoms with Gasteiger partial charge >= 0.3 is 5.97 Å². The van der Waals surface area contributed by atoms with E-state index in [0.717, 1.165) is 29.1 Å². The summed E-state index contributed by atoms with van der Waals surface area (Å²) in [5.41, 5.74) is 2.74. The number of hydrogen-bond acceptors (Lipinski definition) is 5. The van der Waals surface area contributed by atoms with E-state index < -0.39 is 5.97 Å². The molecule has 0 bridgehead atoms. The number of thioether (sulfide) groups is 1. The minimum Gasteiger partial charge on any atom is -0.402 e. The molecule has 2 aliphatic heterocycles. The number of cyclic esters (lactones) is 1. The first-order chi connectivity index (χ1) is 13.1. The van der Waals surface area contributed by atoms with E-state index in [9.17, 15) is 9.59 Å². The fourth-order valence-electron chi connectivity index (χ4n) is 3.10. The predicted molar refractivity (Wildman–Crippen MR) is 107 cm³/mol. The Hall–Kier alpha value is -2.86. The highest BCUT2D eigenvalue weighted by Crippen LogP contribution is 2.24. The van der Waals surface area contributed by atoms with Crippen molar-refractivity contribution in [2.45, 2.75) is 17.7 Å². The van der Waals surface area contributed by atoms with Gasteiger partial charge in [0.1, 0.15) is 0 Å². The van der Waals surface area contributed by atoms with E-state index in [4.69, 9.17) is 4.74 Å². The van der Waals surface area contributed by atoms with Crippen molar-refractivity contribution in [1.82, 2.24) is 0 Å². The molecule has 2 heterocycles. The molecule has 0 unspecified atom stereocenters. The topological polar surface area (TPSA) is 59.0 Å². The number of amides is 1. The molecule has 0 aliphatic carbocycles. The number of aliphatic imine (C=N–C) groups is 1. The smallest absolute Gasteiger partial charge is 0.363 e. The summed E-state index contributed by atoms with van der Waals surface area (Å²) in [5.74, 6) is -0.0332. The molecule has 0 spiro atoms. The van der Waals surface area contributed by atoms with Crippen molar-refractivity contribution in [2.75, 3.05) is 17.7 Å². The molecule has 4 rings (SSSR count). The molecule has 2 aromatic carbocycles. The molecule has 6 heteroatoms. The van der Waals surface area contributed by atoms with Gasteiger partial charge in [-0.05, 0) is 60.7 Å². The Balaban J connectivity index is 1.55. The number of benzene rings is 2. The molecule has 0 radical (unpaired) electrons. The van der Waals surface area contributed by atoms with E-state index in [1.165, 1.54) is 0 Å². The molecule has 2 aromatic rings. The quantitative estimate of drug-likeness (QED) is 0.460. The van der Waals surface area contributed by atoms with Crippen molar-refractivity contribution in [3.05, 3.63) is 65.4 Å². The van der Waals surface area contributed by atoms with Crippen molar-refractivity contribution >= 4 is 41.3 Å². The summed E-state index contributed by atoms with van der Waals surface area (Å²) in [7, 11) is 0. The molecule has 2 aliphatic rings. The monoisotopic (exact) mass is 378 g/mol. The van der Waals surface area contributed by atoms with E-state index in [1.54, 1.807) is 22.7 Å². The number of anilines is 1. The van der Waals surface area contributed by atoms with Gasteiger partial charge in [0.25, 0.3) is 0 Å². The van der Waals surface area contributed by atoms with Gasteiger partial charge < -0.3 is 9.64 Å². The molecule has 0 N–H and O–H groups in total. The second-order valence-electron chi connectivity index (χ2n) is 6.31. The molecule has 1 amide bonds. The largest absolute Gasteiger partial charge is 0.402 e. The fraction of sp³-hybridized carbons (Fsp3) is 0.190. The molecule has 27 heavy (non-hydrogen) atoms. The van der Waals surface area contributed by atoms with Crippen molar-refractivity contribution < 1.29 is 14.3 Å². The van der Waals surface area contributed by atoms with Gasteiger partial charge in [-0.25, -0.2) is 9.79 Å². The summed E-state index contributed by atoms with van der Waals surface area (Å²) in [5, 5.41) is 0. The third-order valence-corrected chi connectivity index (χ3v) is 5.28. The summed E-state index contributed by atoms with van der Waals surface area (Å²) in [4.78, 5) is 31.3. The highest BCUT2D eigenvalue weighted by molar-refractivity contribution is 7.98. The van der Waals surface area contributed by atoms with E-state index in [1.807, 2.05) is 54.8 Å². The van der Waals surface area contributed by atoms with Gasteiger partial charge in [0, 0.05) is 29.1 Å². The van der Waals surface area contributed by atoms with E-state index >= 15 is 0 Å². The number of carbonyl (C=O) groups is 2. The molecule has 136 valence electrons. The van der Waals surface area contributed by atoms with Crippen LogP contribution in [-0.4, -0.2) is 30.6 Å². The normalized spacial score (nSPS) is 18.2. The number of carbonyl (C=O) groups excluding carboxylic acids is 2. The Kier molecular flexibility index (Phi) is 4.81. The van der Waals surface area contributed by atoms with Gasteiger partial charge in [-0.15, -0.1) is 11.8 Å². The summed E-state index contributed by atoms with van der Waals surface area (Å²) in [6, 6.07) is 15.3. The molecule has 0 aromatic heterocycles. The van der Waals surface area contributed by atoms with Crippen LogP contribution in [0.15, 0.2) is 64.1 Å². The van der Waals surface area contributed by atoms with Crippen LogP contribution >= 0.6 is 11.8 Å². The minimum absolute atomic E-state index is 0.144. The van der Waals surface area contributed by atoms with Crippen LogP contribution in [0.25, 0.3) is 6.08 Å². The highest BCUT2D eigenvalue weighted by Gasteiger charge is 2.25. The average Bonchev–Trinajstić information content (AvgIpc) is 3.28. The van der Waals surface area contributed by atoms with Crippen LogP contribution in [0.1, 0.15) is 24.0 Å². The maximum atomic E-state index is 12.1. The first kappa shape index (κ1) is 17.5. The van der Waals surface area contributed by atoms with Gasteiger partial charge in [-0.1, -0.05) is 12.1 Å². The zero-order chi connectivity index (χ0) is 18.8. The van der Waals surface area contributed by atoms with Crippen molar-refractivity contribution in [2.24, 2.45) is 4.99 Å². The number of ether oxygens (including phenoxy) is 1. The molecule has 0 saturated carbocycles. The van der Waals surface area contributed by atoms with Gasteiger partial charge in [-0.2, -0.15) is 0 Å². The molecule has 0 atom stereocenters.